The van der Waals surface area contributed by atoms with Gasteiger partial charge >= 0.3 is 6.09 Å². The quantitative estimate of drug-likeness (QED) is 0.721. The highest BCUT2D eigenvalue weighted by atomic mass is 16.6. The van der Waals surface area contributed by atoms with E-state index < -0.39 is 12.1 Å². The second-order valence-electron chi connectivity index (χ2n) is 9.30. The molecule has 0 radical (unpaired) electrons. The number of piperidine rings is 2. The number of nitrogens with zero attached hydrogens (tertiary/aromatic N) is 3. The van der Waals surface area contributed by atoms with Crippen molar-refractivity contribution in [1.82, 2.24) is 9.80 Å². The van der Waals surface area contributed by atoms with Crippen LogP contribution in [0.5, 0.6) is 5.75 Å². The number of rotatable bonds is 5. The van der Waals surface area contributed by atoms with E-state index in [0.717, 1.165) is 50.9 Å². The summed E-state index contributed by atoms with van der Waals surface area (Å²) in [6.07, 6.45) is 9.22. The number of hydrogen-bond donors (Lipinski definition) is 0. The van der Waals surface area contributed by atoms with E-state index in [4.69, 9.17) is 9.47 Å². The molecule has 1 aliphatic carbocycles. The number of anilines is 1. The van der Waals surface area contributed by atoms with Crippen LogP contribution >= 0.6 is 0 Å². The fraction of sp³-hybridized carbons (Fsp3) is 0.667. The van der Waals surface area contributed by atoms with Crippen LogP contribution in [-0.2, 0) is 9.53 Å². The van der Waals surface area contributed by atoms with Gasteiger partial charge in [0.25, 0.3) is 0 Å². The lowest BCUT2D eigenvalue weighted by atomic mass is 9.86. The van der Waals surface area contributed by atoms with Crippen molar-refractivity contribution in [3.05, 3.63) is 24.3 Å². The van der Waals surface area contributed by atoms with Crippen LogP contribution in [0, 0.1) is 0 Å². The Kier molecular flexibility index (Phi) is 6.03. The molecular weight excluding hydrogens is 394 g/mol. The number of ether oxygens (including phenoxy) is 2. The maximum Gasteiger partial charge on any atom is 0.415 e. The Balaban J connectivity index is 1.18. The fourth-order valence-corrected chi connectivity index (χ4v) is 5.31. The predicted octanol–water partition coefficient (Wildman–Crippen LogP) is 3.42. The average Bonchev–Trinajstić information content (AvgIpc) is 3.18. The Morgan fingerprint density at radius 2 is 1.55 bits per heavy atom. The molecule has 4 aliphatic rings. The largest absolute Gasteiger partial charge is 0.490 e. The first kappa shape index (κ1) is 20.6. The molecule has 0 spiro atoms. The van der Waals surface area contributed by atoms with Crippen LogP contribution in [0.2, 0.25) is 0 Å². The summed E-state index contributed by atoms with van der Waals surface area (Å²) < 4.78 is 11.4. The molecule has 7 heteroatoms. The van der Waals surface area contributed by atoms with E-state index in [9.17, 15) is 9.59 Å². The van der Waals surface area contributed by atoms with E-state index >= 15 is 0 Å². The number of carbonyl (C=O) groups is 2. The van der Waals surface area contributed by atoms with Crippen LogP contribution in [0.3, 0.4) is 0 Å². The molecule has 3 aliphatic heterocycles. The van der Waals surface area contributed by atoms with Crippen molar-refractivity contribution in [3.63, 3.8) is 0 Å². The van der Waals surface area contributed by atoms with Crippen LogP contribution < -0.4 is 9.64 Å². The zero-order valence-electron chi connectivity index (χ0n) is 18.2. The predicted molar refractivity (Wildman–Crippen MR) is 117 cm³/mol. The molecule has 1 aromatic rings. The van der Waals surface area contributed by atoms with Crippen LogP contribution in [0.15, 0.2) is 24.3 Å². The maximum atomic E-state index is 13.0. The van der Waals surface area contributed by atoms with Crippen LogP contribution in [-0.4, -0.2) is 72.8 Å². The minimum absolute atomic E-state index is 0.0101. The second kappa shape index (κ2) is 9.07. The molecule has 3 heterocycles. The molecule has 0 bridgehead atoms. The van der Waals surface area contributed by atoms with Crippen molar-refractivity contribution >= 4 is 17.7 Å². The second-order valence-corrected chi connectivity index (χ2v) is 9.30. The Hall–Kier alpha value is -2.28. The third-order valence-electron chi connectivity index (χ3n) is 7.22. The molecule has 0 unspecified atom stereocenters. The number of hydrogen-bond acceptors (Lipinski definition) is 5. The highest BCUT2D eigenvalue weighted by molar-refractivity contribution is 6.00. The molecule has 0 N–H and O–H groups in total. The van der Waals surface area contributed by atoms with Crippen molar-refractivity contribution in [2.75, 3.05) is 37.7 Å². The molecule has 4 fully saturated rings. The van der Waals surface area contributed by atoms with Gasteiger partial charge < -0.3 is 19.3 Å². The van der Waals surface area contributed by atoms with Gasteiger partial charge in [-0.05, 0) is 69.5 Å². The zero-order valence-corrected chi connectivity index (χ0v) is 18.2. The van der Waals surface area contributed by atoms with Crippen molar-refractivity contribution < 1.29 is 19.1 Å². The van der Waals surface area contributed by atoms with Gasteiger partial charge in [-0.15, -0.1) is 0 Å². The Labute approximate surface area is 184 Å². The van der Waals surface area contributed by atoms with Crippen molar-refractivity contribution in [2.45, 2.75) is 69.6 Å². The molecule has 31 heavy (non-hydrogen) atoms. The third-order valence-corrected chi connectivity index (χ3v) is 7.22. The fourth-order valence-electron chi connectivity index (χ4n) is 5.31. The standard InChI is InChI=1S/C24H33N3O4/c28-23(26-13-5-2-6-14-26)22-17-30-24(29)27(22)18-7-9-20(10-8-18)31-21-15-19(16-21)25-11-3-1-4-12-25/h7-10,19,21-22H,1-6,11-17H2/t19?,21?,22-/m0/s1. The van der Waals surface area contributed by atoms with Crippen LogP contribution in [0.4, 0.5) is 10.5 Å². The monoisotopic (exact) mass is 427 g/mol. The van der Waals surface area contributed by atoms with E-state index in [1.54, 1.807) is 0 Å². The summed E-state index contributed by atoms with van der Waals surface area (Å²) in [5.74, 6) is 0.807. The Bertz CT molecular complexity index is 781. The van der Waals surface area contributed by atoms with Gasteiger partial charge in [0.05, 0.1) is 0 Å². The van der Waals surface area contributed by atoms with Gasteiger partial charge in [-0.3, -0.25) is 9.69 Å². The highest BCUT2D eigenvalue weighted by Gasteiger charge is 2.41. The van der Waals surface area contributed by atoms with E-state index in [2.05, 4.69) is 4.90 Å². The lowest BCUT2D eigenvalue weighted by Gasteiger charge is -2.44. The molecule has 5 rings (SSSR count). The molecule has 2 amide bonds. The highest BCUT2D eigenvalue weighted by Crippen LogP contribution is 2.33. The van der Waals surface area contributed by atoms with Crippen LogP contribution in [0.1, 0.15) is 51.4 Å². The molecule has 1 aromatic carbocycles. The molecule has 0 aromatic heterocycles. The molecule has 168 valence electrons. The summed E-state index contributed by atoms with van der Waals surface area (Å²) in [5.41, 5.74) is 0.685. The van der Waals surface area contributed by atoms with Crippen molar-refractivity contribution in [3.8, 4) is 5.75 Å². The zero-order chi connectivity index (χ0) is 21.2. The van der Waals surface area contributed by atoms with E-state index in [0.29, 0.717) is 11.7 Å². The van der Waals surface area contributed by atoms with Crippen molar-refractivity contribution in [2.24, 2.45) is 0 Å². The summed E-state index contributed by atoms with van der Waals surface area (Å²) in [7, 11) is 0. The van der Waals surface area contributed by atoms with E-state index in [1.807, 2.05) is 29.2 Å². The number of likely N-dealkylation sites (tertiary alicyclic amines) is 2. The molecule has 7 nitrogen and oxygen atoms in total. The molecule has 3 saturated heterocycles. The third kappa shape index (κ3) is 4.38. The summed E-state index contributed by atoms with van der Waals surface area (Å²) in [6, 6.07) is 7.62. The lowest BCUT2D eigenvalue weighted by molar-refractivity contribution is -0.133. The SMILES string of the molecule is O=C([C@@H]1COC(=O)N1c1ccc(OC2CC(N3CCCCC3)C2)cc1)N1CCCCC1. The van der Waals surface area contributed by atoms with Gasteiger partial charge in [0.2, 0.25) is 5.91 Å². The molecule has 1 saturated carbocycles. The summed E-state index contributed by atoms with van der Waals surface area (Å²) in [6.45, 7) is 4.12. The summed E-state index contributed by atoms with van der Waals surface area (Å²) in [5, 5.41) is 0. The number of benzene rings is 1. The average molecular weight is 428 g/mol. The molecule has 1 atom stereocenters. The topological polar surface area (TPSA) is 62.3 Å². The van der Waals surface area contributed by atoms with Gasteiger partial charge in [0.15, 0.2) is 6.04 Å². The summed E-state index contributed by atoms with van der Waals surface area (Å²) >= 11 is 0. The number of carbonyl (C=O) groups excluding carboxylic acids is 2. The van der Waals surface area contributed by atoms with E-state index in [-0.39, 0.29) is 18.6 Å². The van der Waals surface area contributed by atoms with Gasteiger partial charge in [-0.2, -0.15) is 0 Å². The first-order chi connectivity index (χ1) is 15.2. The first-order valence-corrected chi connectivity index (χ1v) is 11.9. The Morgan fingerprint density at radius 3 is 2.23 bits per heavy atom. The smallest absolute Gasteiger partial charge is 0.415 e. The number of amides is 2. The Morgan fingerprint density at radius 1 is 0.903 bits per heavy atom. The minimum atomic E-state index is -0.575. The minimum Gasteiger partial charge on any atom is -0.490 e. The van der Waals surface area contributed by atoms with Gasteiger partial charge in [0, 0.05) is 37.7 Å². The first-order valence-electron chi connectivity index (χ1n) is 11.9. The molecular formula is C24H33N3O4. The summed E-state index contributed by atoms with van der Waals surface area (Å²) in [4.78, 5) is 31.3. The van der Waals surface area contributed by atoms with Gasteiger partial charge in [-0.25, -0.2) is 4.79 Å². The van der Waals surface area contributed by atoms with Crippen molar-refractivity contribution in [1.29, 1.82) is 0 Å². The maximum absolute atomic E-state index is 13.0. The van der Waals surface area contributed by atoms with Gasteiger partial charge in [-0.1, -0.05) is 6.42 Å². The van der Waals surface area contributed by atoms with E-state index in [1.165, 1.54) is 37.3 Å². The lowest BCUT2D eigenvalue weighted by Crippen LogP contribution is -2.50. The van der Waals surface area contributed by atoms with Crippen LogP contribution in [0.25, 0.3) is 0 Å². The number of cyclic esters (lactones) is 1. The van der Waals surface area contributed by atoms with Gasteiger partial charge in [0.1, 0.15) is 18.5 Å². The normalized spacial score (nSPS) is 29.4.